The predicted molar refractivity (Wildman–Crippen MR) is 146 cm³/mol. The second-order valence-corrected chi connectivity index (χ2v) is 8.30. The third kappa shape index (κ3) is 7.56. The number of phenolic OH excluding ortho intramolecular Hbond substituents is 8. The van der Waals surface area contributed by atoms with Crippen LogP contribution in [-0.4, -0.2) is 52.4 Å². The molecular formula is C30H24O10. The Hall–Kier alpha value is -5.90. The van der Waals surface area contributed by atoms with Crippen molar-refractivity contribution >= 4 is 23.7 Å². The third-order valence-electron chi connectivity index (χ3n) is 5.30. The Bertz CT molecular complexity index is 1420. The summed E-state index contributed by atoms with van der Waals surface area (Å²) in [5.74, 6) is -3.64. The van der Waals surface area contributed by atoms with Crippen molar-refractivity contribution < 1.29 is 50.4 Å². The van der Waals surface area contributed by atoms with Crippen LogP contribution in [0.5, 0.6) is 46.0 Å². The standard InChI is InChI=1S/2C15H12O5/c2*16-10-4-1-9(2-5-10)3-6-12(18)15-13(19)7-11(17)8-14(15)20/h2*1-8,16-17,19-20H. The van der Waals surface area contributed by atoms with Crippen molar-refractivity contribution in [1.82, 2.24) is 0 Å². The van der Waals surface area contributed by atoms with E-state index in [1.54, 1.807) is 24.3 Å². The minimum absolute atomic E-state index is 0.113. The van der Waals surface area contributed by atoms with Crippen LogP contribution >= 0.6 is 0 Å². The molecule has 10 heteroatoms. The van der Waals surface area contributed by atoms with Crippen LogP contribution in [0.1, 0.15) is 31.8 Å². The van der Waals surface area contributed by atoms with E-state index in [0.717, 1.165) is 24.3 Å². The van der Waals surface area contributed by atoms with Crippen molar-refractivity contribution in [3.8, 4) is 46.0 Å². The quantitative estimate of drug-likeness (QED) is 0.123. The number of allylic oxidation sites excluding steroid dienone is 2. The molecule has 4 aromatic carbocycles. The summed E-state index contributed by atoms with van der Waals surface area (Å²) in [5, 5.41) is 74.9. The first kappa shape index (κ1) is 28.7. The monoisotopic (exact) mass is 544 g/mol. The molecule has 0 fully saturated rings. The predicted octanol–water partition coefficient (Wildman–Crippen LogP) is 4.81. The van der Waals surface area contributed by atoms with E-state index in [-0.39, 0.29) is 34.1 Å². The van der Waals surface area contributed by atoms with Crippen LogP contribution in [0.3, 0.4) is 0 Å². The van der Waals surface area contributed by atoms with Crippen molar-refractivity contribution in [2.24, 2.45) is 0 Å². The molecule has 0 aliphatic carbocycles. The molecule has 4 rings (SSSR count). The smallest absolute Gasteiger partial charge is 0.193 e. The van der Waals surface area contributed by atoms with E-state index in [9.17, 15) is 30.0 Å². The van der Waals surface area contributed by atoms with Crippen LogP contribution in [0.15, 0.2) is 84.9 Å². The molecule has 0 aromatic heterocycles. The second-order valence-electron chi connectivity index (χ2n) is 8.30. The van der Waals surface area contributed by atoms with Gasteiger partial charge in [-0.05, 0) is 47.5 Å². The Balaban J connectivity index is 0.000000220. The van der Waals surface area contributed by atoms with Gasteiger partial charge in [0.15, 0.2) is 11.6 Å². The largest absolute Gasteiger partial charge is 0.508 e. The van der Waals surface area contributed by atoms with Gasteiger partial charge in [0.1, 0.15) is 57.1 Å². The van der Waals surface area contributed by atoms with Gasteiger partial charge in [-0.25, -0.2) is 0 Å². The average Bonchev–Trinajstić information content (AvgIpc) is 2.87. The summed E-state index contributed by atoms with van der Waals surface area (Å²) in [6, 6.07) is 16.2. The summed E-state index contributed by atoms with van der Waals surface area (Å²) in [5.41, 5.74) is 0.790. The highest BCUT2D eigenvalue weighted by Crippen LogP contribution is 2.33. The lowest BCUT2D eigenvalue weighted by molar-refractivity contribution is 0.103. The number of hydrogen-bond acceptors (Lipinski definition) is 10. The molecule has 0 bridgehead atoms. The minimum atomic E-state index is -0.604. The van der Waals surface area contributed by atoms with E-state index in [0.29, 0.717) is 11.1 Å². The molecule has 8 N–H and O–H groups in total. The zero-order valence-corrected chi connectivity index (χ0v) is 20.6. The molecule has 0 unspecified atom stereocenters. The molecule has 0 saturated carbocycles. The number of rotatable bonds is 6. The first-order valence-electron chi connectivity index (χ1n) is 11.5. The number of ketones is 2. The highest BCUT2D eigenvalue weighted by atomic mass is 16.3. The van der Waals surface area contributed by atoms with Gasteiger partial charge < -0.3 is 40.9 Å². The van der Waals surface area contributed by atoms with Crippen LogP contribution in [-0.2, 0) is 0 Å². The number of phenols is 8. The van der Waals surface area contributed by atoms with Gasteiger partial charge in [0.25, 0.3) is 0 Å². The number of carbonyl (C=O) groups excluding carboxylic acids is 2. The maximum Gasteiger partial charge on any atom is 0.193 e. The summed E-state index contributed by atoms with van der Waals surface area (Å²) in [7, 11) is 0. The van der Waals surface area contributed by atoms with E-state index in [1.807, 2.05) is 0 Å². The van der Waals surface area contributed by atoms with Crippen molar-refractivity contribution in [3.63, 3.8) is 0 Å². The first-order valence-corrected chi connectivity index (χ1v) is 11.5. The number of benzene rings is 4. The molecule has 4 aromatic rings. The fourth-order valence-corrected chi connectivity index (χ4v) is 3.38. The molecule has 0 saturated heterocycles. The fourth-order valence-electron chi connectivity index (χ4n) is 3.38. The highest BCUT2D eigenvalue weighted by Gasteiger charge is 2.16. The molecule has 0 aliphatic heterocycles. The van der Waals surface area contributed by atoms with Gasteiger partial charge in [0.2, 0.25) is 0 Å². The summed E-state index contributed by atoms with van der Waals surface area (Å²) >= 11 is 0. The molecule has 0 aliphatic rings. The topological polar surface area (TPSA) is 196 Å². The summed E-state index contributed by atoms with van der Waals surface area (Å²) < 4.78 is 0. The minimum Gasteiger partial charge on any atom is -0.508 e. The van der Waals surface area contributed by atoms with E-state index in [4.69, 9.17) is 20.4 Å². The number of hydrogen-bond donors (Lipinski definition) is 8. The Morgan fingerprint density at radius 2 is 0.700 bits per heavy atom. The Labute approximate surface area is 227 Å². The van der Waals surface area contributed by atoms with Crippen LogP contribution in [0.2, 0.25) is 0 Å². The first-order chi connectivity index (χ1) is 18.9. The Morgan fingerprint density at radius 3 is 0.975 bits per heavy atom. The molecule has 204 valence electrons. The van der Waals surface area contributed by atoms with Crippen LogP contribution in [0, 0.1) is 0 Å². The fraction of sp³-hybridized carbons (Fsp3) is 0. The third-order valence-corrected chi connectivity index (χ3v) is 5.30. The van der Waals surface area contributed by atoms with Gasteiger partial charge in [0, 0.05) is 24.3 Å². The Morgan fingerprint density at radius 1 is 0.425 bits per heavy atom. The number of carbonyl (C=O) groups is 2. The molecule has 0 atom stereocenters. The summed E-state index contributed by atoms with van der Waals surface area (Å²) in [6.45, 7) is 0. The van der Waals surface area contributed by atoms with E-state index >= 15 is 0 Å². The van der Waals surface area contributed by atoms with E-state index in [2.05, 4.69) is 0 Å². The van der Waals surface area contributed by atoms with Crippen molar-refractivity contribution in [1.29, 1.82) is 0 Å². The maximum absolute atomic E-state index is 11.9. The van der Waals surface area contributed by atoms with Gasteiger partial charge in [-0.2, -0.15) is 0 Å². The van der Waals surface area contributed by atoms with Crippen molar-refractivity contribution in [2.45, 2.75) is 0 Å². The van der Waals surface area contributed by atoms with Gasteiger partial charge in [0.05, 0.1) is 0 Å². The SMILES string of the molecule is O=C(C=Cc1ccc(O)cc1)c1c(O)cc(O)cc1O.O=C(C=Cc1ccc(O)cc1)c1c(O)cc(O)cc1O. The second kappa shape index (κ2) is 12.6. The van der Waals surface area contributed by atoms with Crippen LogP contribution in [0.25, 0.3) is 12.2 Å². The molecule has 40 heavy (non-hydrogen) atoms. The van der Waals surface area contributed by atoms with Crippen LogP contribution < -0.4 is 0 Å². The molecule has 0 spiro atoms. The molecular weight excluding hydrogens is 520 g/mol. The summed E-state index contributed by atoms with van der Waals surface area (Å²) in [4.78, 5) is 23.8. The van der Waals surface area contributed by atoms with Gasteiger partial charge in [-0.15, -0.1) is 0 Å². The lowest BCUT2D eigenvalue weighted by Gasteiger charge is -2.04. The molecule has 0 amide bonds. The average molecular weight is 545 g/mol. The normalized spacial score (nSPS) is 10.8. The number of aromatic hydroxyl groups is 8. The van der Waals surface area contributed by atoms with E-state index in [1.165, 1.54) is 48.6 Å². The zero-order valence-electron chi connectivity index (χ0n) is 20.6. The zero-order chi connectivity index (χ0) is 29.4. The lowest BCUT2D eigenvalue weighted by atomic mass is 10.1. The van der Waals surface area contributed by atoms with Gasteiger partial charge >= 0.3 is 0 Å². The van der Waals surface area contributed by atoms with Crippen molar-refractivity contribution in [3.05, 3.63) is 107 Å². The van der Waals surface area contributed by atoms with Gasteiger partial charge in [-0.3, -0.25) is 9.59 Å². The maximum atomic E-state index is 11.9. The summed E-state index contributed by atoms with van der Waals surface area (Å²) in [6.07, 6.45) is 5.32. The Kier molecular flexibility index (Phi) is 9.01. The molecule has 0 heterocycles. The lowest BCUT2D eigenvalue weighted by Crippen LogP contribution is -1.95. The highest BCUT2D eigenvalue weighted by molar-refractivity contribution is 6.11. The molecule has 0 radical (unpaired) electrons. The van der Waals surface area contributed by atoms with Crippen LogP contribution in [0.4, 0.5) is 0 Å². The van der Waals surface area contributed by atoms with E-state index < -0.39 is 34.6 Å². The van der Waals surface area contributed by atoms with Gasteiger partial charge in [-0.1, -0.05) is 36.4 Å². The van der Waals surface area contributed by atoms with Crippen molar-refractivity contribution in [2.75, 3.05) is 0 Å². The molecule has 10 nitrogen and oxygen atoms in total.